The highest BCUT2D eigenvalue weighted by Crippen LogP contribution is 2.06. The van der Waals surface area contributed by atoms with Gasteiger partial charge in [-0.05, 0) is 19.1 Å². The molecule has 0 bridgehead atoms. The van der Waals surface area contributed by atoms with Crippen molar-refractivity contribution in [1.29, 1.82) is 0 Å². The Balaban J connectivity index is 0.000000531. The van der Waals surface area contributed by atoms with Crippen LogP contribution in [-0.2, 0) is 6.42 Å². The molecule has 0 aliphatic heterocycles. The molecule has 0 atom stereocenters. The van der Waals surface area contributed by atoms with E-state index in [0.29, 0.717) is 6.42 Å². The zero-order valence-corrected chi connectivity index (χ0v) is 9.37. The zero-order chi connectivity index (χ0) is 11.3. The molecule has 0 saturated heterocycles. The van der Waals surface area contributed by atoms with Gasteiger partial charge in [0.1, 0.15) is 0 Å². The van der Waals surface area contributed by atoms with Gasteiger partial charge in [-0.15, -0.1) is 0 Å². The van der Waals surface area contributed by atoms with Gasteiger partial charge in [-0.1, -0.05) is 13.8 Å². The second-order valence-corrected chi connectivity index (χ2v) is 2.93. The monoisotopic (exact) mass is 209 g/mol. The molecule has 0 unspecified atom stereocenters. The Labute approximate surface area is 89.0 Å². The molecule has 2 aromatic rings. The van der Waals surface area contributed by atoms with Crippen LogP contribution in [0.15, 0.2) is 18.3 Å². The first kappa shape index (κ1) is 11.6. The lowest BCUT2D eigenvalue weighted by Gasteiger charge is -1.98. The van der Waals surface area contributed by atoms with Gasteiger partial charge in [0.2, 0.25) is 0 Å². The molecule has 0 aliphatic carbocycles. The lowest BCUT2D eigenvalue weighted by molar-refractivity contribution is 0.489. The van der Waals surface area contributed by atoms with E-state index in [1.807, 2.05) is 32.9 Å². The van der Waals surface area contributed by atoms with Crippen molar-refractivity contribution in [2.45, 2.75) is 27.2 Å². The predicted molar refractivity (Wildman–Crippen MR) is 58.8 cm³/mol. The fourth-order valence-corrected chi connectivity index (χ4v) is 1.28. The Morgan fingerprint density at radius 1 is 1.33 bits per heavy atom. The van der Waals surface area contributed by atoms with Gasteiger partial charge in [-0.3, -0.25) is 4.39 Å². The summed E-state index contributed by atoms with van der Waals surface area (Å²) in [6, 6.07) is 3.77. The van der Waals surface area contributed by atoms with E-state index in [0.717, 1.165) is 17.0 Å². The standard InChI is InChI=1S/C9H10FN3.C2H6/c1-7-2-3-9-11-6-8(4-5-10)13(9)12-7;1-2/h2-3,6H,4-5H2,1H3;1-2H3. The van der Waals surface area contributed by atoms with Crippen LogP contribution >= 0.6 is 0 Å². The van der Waals surface area contributed by atoms with Gasteiger partial charge in [0.05, 0.1) is 24.3 Å². The van der Waals surface area contributed by atoms with Crippen molar-refractivity contribution in [3.05, 3.63) is 29.7 Å². The molecule has 0 fully saturated rings. The number of alkyl halides is 1. The molecule has 0 aromatic carbocycles. The maximum absolute atomic E-state index is 12.1. The van der Waals surface area contributed by atoms with Crippen molar-refractivity contribution in [2.24, 2.45) is 0 Å². The lowest BCUT2D eigenvalue weighted by Crippen LogP contribution is -1.99. The van der Waals surface area contributed by atoms with Crippen LogP contribution in [0.3, 0.4) is 0 Å². The van der Waals surface area contributed by atoms with E-state index >= 15 is 0 Å². The summed E-state index contributed by atoms with van der Waals surface area (Å²) in [6.45, 7) is 5.53. The number of hydrogen-bond donors (Lipinski definition) is 0. The van der Waals surface area contributed by atoms with Crippen molar-refractivity contribution in [2.75, 3.05) is 6.67 Å². The molecule has 2 aromatic heterocycles. The van der Waals surface area contributed by atoms with Crippen molar-refractivity contribution < 1.29 is 4.39 Å². The van der Waals surface area contributed by atoms with E-state index < -0.39 is 0 Å². The minimum Gasteiger partial charge on any atom is -0.251 e. The summed E-state index contributed by atoms with van der Waals surface area (Å²) in [5.41, 5.74) is 2.50. The zero-order valence-electron chi connectivity index (χ0n) is 9.37. The highest BCUT2D eigenvalue weighted by molar-refractivity contribution is 5.38. The summed E-state index contributed by atoms with van der Waals surface area (Å²) in [6.07, 6.45) is 2.04. The Hall–Kier alpha value is -1.45. The third-order valence-corrected chi connectivity index (χ3v) is 1.92. The first-order valence-electron chi connectivity index (χ1n) is 5.17. The molecule has 2 heterocycles. The Kier molecular flexibility index (Phi) is 4.21. The van der Waals surface area contributed by atoms with Gasteiger partial charge in [-0.2, -0.15) is 5.10 Å². The highest BCUT2D eigenvalue weighted by Gasteiger charge is 2.03. The third kappa shape index (κ3) is 2.52. The van der Waals surface area contributed by atoms with Crippen LogP contribution < -0.4 is 0 Å². The van der Waals surface area contributed by atoms with Crippen LogP contribution in [0.25, 0.3) is 5.65 Å². The number of rotatable bonds is 2. The molecule has 4 heteroatoms. The summed E-state index contributed by atoms with van der Waals surface area (Å²) in [4.78, 5) is 4.11. The maximum Gasteiger partial charge on any atom is 0.153 e. The Morgan fingerprint density at radius 3 is 2.73 bits per heavy atom. The number of aromatic nitrogens is 3. The largest absolute Gasteiger partial charge is 0.251 e. The van der Waals surface area contributed by atoms with Crippen molar-refractivity contribution in [3.8, 4) is 0 Å². The quantitative estimate of drug-likeness (QED) is 0.761. The van der Waals surface area contributed by atoms with Crippen molar-refractivity contribution in [3.63, 3.8) is 0 Å². The van der Waals surface area contributed by atoms with Crippen LogP contribution in [0.2, 0.25) is 0 Å². The summed E-state index contributed by atoms with van der Waals surface area (Å²) >= 11 is 0. The Bertz CT molecular complexity index is 423. The second kappa shape index (κ2) is 5.44. The molecular weight excluding hydrogens is 193 g/mol. The number of halogens is 1. The fourth-order valence-electron chi connectivity index (χ4n) is 1.28. The molecule has 2 rings (SSSR count). The smallest absolute Gasteiger partial charge is 0.153 e. The SMILES string of the molecule is CC.Cc1ccc2ncc(CCF)n2n1. The van der Waals surface area contributed by atoms with Gasteiger partial charge in [0.25, 0.3) is 0 Å². The van der Waals surface area contributed by atoms with E-state index in [4.69, 9.17) is 0 Å². The van der Waals surface area contributed by atoms with Crippen LogP contribution in [0.4, 0.5) is 4.39 Å². The molecule has 82 valence electrons. The van der Waals surface area contributed by atoms with Gasteiger partial charge in [0, 0.05) is 6.42 Å². The minimum absolute atomic E-state index is 0.372. The maximum atomic E-state index is 12.1. The number of fused-ring (bicyclic) bond motifs is 1. The predicted octanol–water partition coefficient (Wildman–Crippen LogP) is 2.58. The number of aryl methyl sites for hydroxylation is 2. The van der Waals surface area contributed by atoms with E-state index in [-0.39, 0.29) is 6.67 Å². The van der Waals surface area contributed by atoms with Crippen LogP contribution in [-0.4, -0.2) is 21.3 Å². The minimum atomic E-state index is -0.372. The van der Waals surface area contributed by atoms with E-state index in [2.05, 4.69) is 10.1 Å². The van der Waals surface area contributed by atoms with E-state index in [9.17, 15) is 4.39 Å². The molecule has 15 heavy (non-hydrogen) atoms. The molecule has 0 N–H and O–H groups in total. The molecule has 0 radical (unpaired) electrons. The lowest BCUT2D eigenvalue weighted by atomic mass is 10.3. The number of imidazole rings is 1. The van der Waals surface area contributed by atoms with Crippen LogP contribution in [0.1, 0.15) is 25.2 Å². The second-order valence-electron chi connectivity index (χ2n) is 2.93. The van der Waals surface area contributed by atoms with Crippen molar-refractivity contribution >= 4 is 5.65 Å². The average molecular weight is 209 g/mol. The summed E-state index contributed by atoms with van der Waals surface area (Å²) < 4.78 is 13.8. The summed E-state index contributed by atoms with van der Waals surface area (Å²) in [5, 5.41) is 4.24. The number of hydrogen-bond acceptors (Lipinski definition) is 2. The summed E-state index contributed by atoms with van der Waals surface area (Å²) in [5.74, 6) is 0. The first-order chi connectivity index (χ1) is 7.31. The third-order valence-electron chi connectivity index (χ3n) is 1.92. The normalized spacial score (nSPS) is 9.87. The first-order valence-corrected chi connectivity index (χ1v) is 5.17. The van der Waals surface area contributed by atoms with E-state index in [1.54, 1.807) is 10.7 Å². The van der Waals surface area contributed by atoms with Gasteiger partial charge < -0.3 is 0 Å². The van der Waals surface area contributed by atoms with Gasteiger partial charge in [-0.25, -0.2) is 9.50 Å². The average Bonchev–Trinajstić information content (AvgIpc) is 2.65. The summed E-state index contributed by atoms with van der Waals surface area (Å²) in [7, 11) is 0. The topological polar surface area (TPSA) is 30.2 Å². The molecule has 0 aliphatic rings. The molecule has 3 nitrogen and oxygen atoms in total. The highest BCUT2D eigenvalue weighted by atomic mass is 19.1. The van der Waals surface area contributed by atoms with E-state index in [1.165, 1.54) is 0 Å². The molecule has 0 spiro atoms. The number of nitrogens with zero attached hydrogens (tertiary/aromatic N) is 3. The molecule has 0 amide bonds. The van der Waals surface area contributed by atoms with Crippen LogP contribution in [0.5, 0.6) is 0 Å². The Morgan fingerprint density at radius 2 is 2.07 bits per heavy atom. The van der Waals surface area contributed by atoms with Crippen molar-refractivity contribution in [1.82, 2.24) is 14.6 Å². The van der Waals surface area contributed by atoms with Gasteiger partial charge >= 0.3 is 0 Å². The molecule has 0 saturated carbocycles. The van der Waals surface area contributed by atoms with Gasteiger partial charge in [0.15, 0.2) is 5.65 Å². The van der Waals surface area contributed by atoms with Crippen LogP contribution in [0, 0.1) is 6.92 Å². The molecular formula is C11H16FN3. The fraction of sp³-hybridized carbons (Fsp3) is 0.455.